The van der Waals surface area contributed by atoms with Gasteiger partial charge in [-0.3, -0.25) is 4.79 Å². The molecular weight excluding hydrogens is 305 g/mol. The Hall–Kier alpha value is -0.570. The zero-order valence-electron chi connectivity index (χ0n) is 13.2. The summed E-state index contributed by atoms with van der Waals surface area (Å²) in [6, 6.07) is 5.66. The Balaban J connectivity index is 2.58. The molecule has 0 radical (unpaired) electrons. The number of carbonyl (C=O) groups excluding carboxylic acids is 1. The van der Waals surface area contributed by atoms with Crippen LogP contribution in [0.5, 0.6) is 0 Å². The molecule has 0 N–H and O–H groups in total. The van der Waals surface area contributed by atoms with Crippen molar-refractivity contribution in [3.63, 3.8) is 0 Å². The first-order valence-corrected chi connectivity index (χ1v) is 8.44. The Bertz CT molecular complexity index is 460. The molecule has 0 aliphatic carbocycles. The third-order valence-electron chi connectivity index (χ3n) is 3.66. The zero-order chi connectivity index (χ0) is 15.8. The lowest BCUT2D eigenvalue weighted by atomic mass is 10.1. The number of Topliss-reactive ketones (excluding diaryl/α,β-unsaturated/α-hetero) is 1. The van der Waals surface area contributed by atoms with Gasteiger partial charge >= 0.3 is 0 Å². The normalized spacial score (nSPS) is 11.4. The van der Waals surface area contributed by atoms with Gasteiger partial charge < -0.3 is 4.90 Å². The summed E-state index contributed by atoms with van der Waals surface area (Å²) in [6.45, 7) is 8.35. The fourth-order valence-electron chi connectivity index (χ4n) is 2.29. The summed E-state index contributed by atoms with van der Waals surface area (Å²) < 4.78 is 0. The van der Waals surface area contributed by atoms with Crippen LogP contribution < -0.4 is 0 Å². The summed E-state index contributed by atoms with van der Waals surface area (Å²) in [4.78, 5) is 14.7. The largest absolute Gasteiger partial charge is 0.300 e. The fraction of sp³-hybridized carbons (Fsp3) is 0.588. The lowest BCUT2D eigenvalue weighted by molar-refractivity contribution is 0.0955. The van der Waals surface area contributed by atoms with Gasteiger partial charge in [0.15, 0.2) is 5.78 Å². The molecule has 0 unspecified atom stereocenters. The van der Waals surface area contributed by atoms with Crippen molar-refractivity contribution < 1.29 is 4.79 Å². The van der Waals surface area contributed by atoms with Crippen LogP contribution in [-0.4, -0.2) is 29.8 Å². The maximum atomic E-state index is 12.3. The molecule has 4 heteroatoms. The third-order valence-corrected chi connectivity index (χ3v) is 4.48. The summed E-state index contributed by atoms with van der Waals surface area (Å²) in [6.07, 6.45) is 4.10. The minimum absolute atomic E-state index is 0.0589. The molecule has 0 aliphatic rings. The summed E-state index contributed by atoms with van der Waals surface area (Å²) in [5.74, 6) is 0.0589. The first-order valence-electron chi connectivity index (χ1n) is 7.68. The smallest absolute Gasteiger partial charge is 0.165 e. The summed E-state index contributed by atoms with van der Waals surface area (Å²) in [5, 5.41) is 0.803. The molecule has 0 aromatic heterocycles. The van der Waals surface area contributed by atoms with Crippen molar-refractivity contribution in [3.05, 3.63) is 33.8 Å². The van der Waals surface area contributed by atoms with Crippen molar-refractivity contribution >= 4 is 29.0 Å². The second kappa shape index (κ2) is 9.45. The summed E-state index contributed by atoms with van der Waals surface area (Å²) >= 11 is 12.1. The monoisotopic (exact) mass is 329 g/mol. The Morgan fingerprint density at radius 3 is 2.52 bits per heavy atom. The summed E-state index contributed by atoms with van der Waals surface area (Å²) in [5.41, 5.74) is 0.529. The zero-order valence-corrected chi connectivity index (χ0v) is 14.7. The van der Waals surface area contributed by atoms with Gasteiger partial charge in [0.05, 0.1) is 10.0 Å². The van der Waals surface area contributed by atoms with Crippen LogP contribution >= 0.6 is 23.2 Å². The fourth-order valence-corrected chi connectivity index (χ4v) is 2.70. The highest BCUT2D eigenvalue weighted by molar-refractivity contribution is 6.43. The number of nitrogens with zero attached hydrogens (tertiary/aromatic N) is 1. The highest BCUT2D eigenvalue weighted by Crippen LogP contribution is 2.26. The van der Waals surface area contributed by atoms with Crippen molar-refractivity contribution in [3.8, 4) is 0 Å². The van der Waals surface area contributed by atoms with Crippen LogP contribution in [0.4, 0.5) is 0 Å². The highest BCUT2D eigenvalue weighted by Gasteiger charge is 2.15. The number of benzene rings is 1. The number of hydrogen-bond donors (Lipinski definition) is 0. The highest BCUT2D eigenvalue weighted by atomic mass is 35.5. The third kappa shape index (κ3) is 5.98. The molecule has 2 nitrogen and oxygen atoms in total. The van der Waals surface area contributed by atoms with Crippen LogP contribution in [0.1, 0.15) is 56.8 Å². The lowest BCUT2D eigenvalue weighted by Crippen LogP contribution is -2.33. The molecule has 0 fully saturated rings. The quantitative estimate of drug-likeness (QED) is 0.442. The number of rotatable bonds is 9. The van der Waals surface area contributed by atoms with E-state index in [2.05, 4.69) is 25.7 Å². The molecular formula is C17H25Cl2NO. The van der Waals surface area contributed by atoms with Gasteiger partial charge in [0.25, 0.3) is 0 Å². The van der Waals surface area contributed by atoms with Crippen molar-refractivity contribution in [2.45, 2.75) is 52.5 Å². The van der Waals surface area contributed by atoms with Crippen LogP contribution in [0.2, 0.25) is 10.0 Å². The molecule has 1 rings (SSSR count). The number of unbranched alkanes of at least 4 members (excludes halogenated alkanes) is 2. The molecule has 0 atom stereocenters. The van der Waals surface area contributed by atoms with Crippen LogP contribution in [0, 0.1) is 0 Å². The van der Waals surface area contributed by atoms with Crippen molar-refractivity contribution in [2.75, 3.05) is 13.1 Å². The van der Waals surface area contributed by atoms with Crippen molar-refractivity contribution in [2.24, 2.45) is 0 Å². The molecule has 0 aliphatic heterocycles. The van der Waals surface area contributed by atoms with E-state index in [0.29, 0.717) is 28.1 Å². The first-order chi connectivity index (χ1) is 9.97. The van der Waals surface area contributed by atoms with Crippen LogP contribution in [0.25, 0.3) is 0 Å². The maximum absolute atomic E-state index is 12.3. The second-order valence-electron chi connectivity index (χ2n) is 5.61. The first kappa shape index (κ1) is 18.5. The number of hydrogen-bond acceptors (Lipinski definition) is 2. The second-order valence-corrected chi connectivity index (χ2v) is 6.40. The van der Waals surface area contributed by atoms with Gasteiger partial charge in [0.1, 0.15) is 0 Å². The van der Waals surface area contributed by atoms with E-state index < -0.39 is 0 Å². The topological polar surface area (TPSA) is 20.3 Å². The maximum Gasteiger partial charge on any atom is 0.165 e. The standard InChI is InChI=1S/C17H25Cl2NO/c1-4-5-6-11-20(13(2)3)12-10-16(21)14-8-7-9-15(18)17(14)19/h7-9,13H,4-6,10-12H2,1-3H3. The van der Waals surface area contributed by atoms with E-state index in [1.54, 1.807) is 18.2 Å². The number of halogens is 2. The van der Waals surface area contributed by atoms with Gasteiger partial charge in [-0.1, -0.05) is 49.0 Å². The molecule has 118 valence electrons. The van der Waals surface area contributed by atoms with E-state index in [0.717, 1.165) is 13.1 Å². The SMILES string of the molecule is CCCCCN(CCC(=O)c1cccc(Cl)c1Cl)C(C)C. The average Bonchev–Trinajstić information content (AvgIpc) is 2.44. The van der Waals surface area contributed by atoms with Gasteiger partial charge in [-0.2, -0.15) is 0 Å². The minimum Gasteiger partial charge on any atom is -0.300 e. The number of carbonyl (C=O) groups is 1. The van der Waals surface area contributed by atoms with Crippen LogP contribution in [0.3, 0.4) is 0 Å². The van der Waals surface area contributed by atoms with Gasteiger partial charge in [-0.25, -0.2) is 0 Å². The summed E-state index contributed by atoms with van der Waals surface area (Å²) in [7, 11) is 0. The van der Waals surface area contributed by atoms with E-state index in [1.165, 1.54) is 19.3 Å². The average molecular weight is 330 g/mol. The molecule has 0 saturated carbocycles. The number of ketones is 1. The van der Waals surface area contributed by atoms with Gasteiger partial charge in [-0.15, -0.1) is 0 Å². The molecule has 1 aromatic rings. The molecule has 0 bridgehead atoms. The molecule has 1 aromatic carbocycles. The minimum atomic E-state index is 0.0589. The Morgan fingerprint density at radius 2 is 1.90 bits per heavy atom. The van der Waals surface area contributed by atoms with E-state index in [9.17, 15) is 4.79 Å². The van der Waals surface area contributed by atoms with Crippen LogP contribution in [0.15, 0.2) is 18.2 Å². The van der Waals surface area contributed by atoms with E-state index >= 15 is 0 Å². The van der Waals surface area contributed by atoms with Gasteiger partial charge in [-0.05, 0) is 38.9 Å². The van der Waals surface area contributed by atoms with Crippen molar-refractivity contribution in [1.29, 1.82) is 0 Å². The molecule has 21 heavy (non-hydrogen) atoms. The Kier molecular flexibility index (Phi) is 8.31. The Labute approximate surface area is 138 Å². The van der Waals surface area contributed by atoms with Gasteiger partial charge in [0.2, 0.25) is 0 Å². The molecule has 0 spiro atoms. The van der Waals surface area contributed by atoms with Crippen molar-refractivity contribution in [1.82, 2.24) is 4.90 Å². The lowest BCUT2D eigenvalue weighted by Gasteiger charge is -2.26. The molecule has 0 saturated heterocycles. The molecule has 0 amide bonds. The molecule has 0 heterocycles. The van der Waals surface area contributed by atoms with Gasteiger partial charge in [0, 0.05) is 24.6 Å². The van der Waals surface area contributed by atoms with Crippen LogP contribution in [-0.2, 0) is 0 Å². The van der Waals surface area contributed by atoms with E-state index in [-0.39, 0.29) is 5.78 Å². The predicted molar refractivity (Wildman–Crippen MR) is 91.6 cm³/mol. The Morgan fingerprint density at radius 1 is 1.19 bits per heavy atom. The van der Waals surface area contributed by atoms with E-state index in [1.807, 2.05) is 0 Å². The predicted octanol–water partition coefficient (Wildman–Crippen LogP) is 5.47. The van der Waals surface area contributed by atoms with E-state index in [4.69, 9.17) is 23.2 Å².